The molecule has 0 amide bonds. The summed E-state index contributed by atoms with van der Waals surface area (Å²) in [4.78, 5) is 11.8. The Bertz CT molecular complexity index is 193. The van der Waals surface area contributed by atoms with Crippen LogP contribution >= 0.6 is 0 Å². The summed E-state index contributed by atoms with van der Waals surface area (Å²) in [5.41, 5.74) is -1.13. The van der Waals surface area contributed by atoms with Gasteiger partial charge in [0.25, 0.3) is 0 Å². The largest absolute Gasteiger partial charge is 0.464 e. The topological polar surface area (TPSA) is 35.5 Å². The average Bonchev–Trinajstić information content (AvgIpc) is 2.03. The Morgan fingerprint density at radius 1 is 1.07 bits per heavy atom. The summed E-state index contributed by atoms with van der Waals surface area (Å²) in [6.07, 6.45) is 0. The molecule has 0 aliphatic heterocycles. The minimum absolute atomic E-state index is 0.269. The highest BCUT2D eigenvalue weighted by molar-refractivity contribution is 5.80. The first-order chi connectivity index (χ1) is 6.29. The van der Waals surface area contributed by atoms with Crippen molar-refractivity contribution in [1.29, 1.82) is 0 Å². The van der Waals surface area contributed by atoms with Gasteiger partial charge in [-0.2, -0.15) is 0 Å². The van der Waals surface area contributed by atoms with E-state index in [2.05, 4.69) is 0 Å². The SMILES string of the molecule is CCOC(=O)C(C)(OCC)C(C)(C)C. The van der Waals surface area contributed by atoms with Gasteiger partial charge in [0, 0.05) is 12.0 Å². The number of carbonyl (C=O) groups is 1. The van der Waals surface area contributed by atoms with Gasteiger partial charge in [0.1, 0.15) is 0 Å². The predicted octanol–water partition coefficient (Wildman–Crippen LogP) is 2.39. The van der Waals surface area contributed by atoms with Gasteiger partial charge in [-0.15, -0.1) is 0 Å². The lowest BCUT2D eigenvalue weighted by atomic mass is 9.77. The molecule has 0 fully saturated rings. The zero-order valence-corrected chi connectivity index (χ0v) is 10.1. The molecule has 0 saturated heterocycles. The van der Waals surface area contributed by atoms with Crippen LogP contribution in [0.25, 0.3) is 0 Å². The highest BCUT2D eigenvalue weighted by atomic mass is 16.6. The van der Waals surface area contributed by atoms with Crippen LogP contribution in [-0.2, 0) is 14.3 Å². The molecule has 0 aromatic carbocycles. The fourth-order valence-corrected chi connectivity index (χ4v) is 1.14. The molecule has 0 heterocycles. The predicted molar refractivity (Wildman–Crippen MR) is 56.1 cm³/mol. The van der Waals surface area contributed by atoms with Crippen molar-refractivity contribution in [2.45, 2.75) is 47.1 Å². The van der Waals surface area contributed by atoms with Crippen LogP contribution in [0.4, 0.5) is 0 Å². The van der Waals surface area contributed by atoms with E-state index in [1.165, 1.54) is 0 Å². The number of hydrogen-bond donors (Lipinski definition) is 0. The third kappa shape index (κ3) is 2.71. The van der Waals surface area contributed by atoms with Crippen LogP contribution in [0.3, 0.4) is 0 Å². The molecular formula is C11H22O3. The first-order valence-electron chi connectivity index (χ1n) is 5.10. The number of hydrogen-bond acceptors (Lipinski definition) is 3. The van der Waals surface area contributed by atoms with Crippen LogP contribution in [0.5, 0.6) is 0 Å². The minimum Gasteiger partial charge on any atom is -0.464 e. The van der Waals surface area contributed by atoms with E-state index in [4.69, 9.17) is 9.47 Å². The van der Waals surface area contributed by atoms with E-state index in [1.54, 1.807) is 13.8 Å². The number of rotatable bonds is 4. The van der Waals surface area contributed by atoms with E-state index < -0.39 is 5.60 Å². The second kappa shape index (κ2) is 4.78. The van der Waals surface area contributed by atoms with Gasteiger partial charge in [-0.05, 0) is 20.8 Å². The summed E-state index contributed by atoms with van der Waals surface area (Å²) in [6.45, 7) is 12.3. The molecule has 1 unspecified atom stereocenters. The molecule has 0 radical (unpaired) electrons. The van der Waals surface area contributed by atoms with Gasteiger partial charge in [-0.1, -0.05) is 20.8 Å². The lowest BCUT2D eigenvalue weighted by Gasteiger charge is -2.38. The Morgan fingerprint density at radius 3 is 1.86 bits per heavy atom. The molecule has 0 aliphatic rings. The van der Waals surface area contributed by atoms with Gasteiger partial charge in [-0.25, -0.2) is 4.79 Å². The Balaban J connectivity index is 4.80. The molecule has 0 saturated carbocycles. The quantitative estimate of drug-likeness (QED) is 0.657. The van der Waals surface area contributed by atoms with Crippen molar-refractivity contribution < 1.29 is 14.3 Å². The van der Waals surface area contributed by atoms with E-state index >= 15 is 0 Å². The van der Waals surface area contributed by atoms with Crippen molar-refractivity contribution >= 4 is 5.97 Å². The molecule has 0 aromatic rings. The van der Waals surface area contributed by atoms with Gasteiger partial charge in [0.15, 0.2) is 5.60 Å². The average molecular weight is 202 g/mol. The van der Waals surface area contributed by atoms with Crippen LogP contribution in [0, 0.1) is 5.41 Å². The first-order valence-corrected chi connectivity index (χ1v) is 5.10. The van der Waals surface area contributed by atoms with Crippen LogP contribution in [-0.4, -0.2) is 24.8 Å². The van der Waals surface area contributed by atoms with E-state index in [0.29, 0.717) is 13.2 Å². The fraction of sp³-hybridized carbons (Fsp3) is 0.909. The van der Waals surface area contributed by atoms with Crippen LogP contribution in [0.2, 0.25) is 0 Å². The summed E-state index contributed by atoms with van der Waals surface area (Å²) in [5, 5.41) is 0. The van der Waals surface area contributed by atoms with Gasteiger partial charge < -0.3 is 9.47 Å². The smallest absolute Gasteiger partial charge is 0.338 e. The van der Waals surface area contributed by atoms with Crippen LogP contribution in [0.15, 0.2) is 0 Å². The maximum Gasteiger partial charge on any atom is 0.338 e. The van der Waals surface area contributed by atoms with Crippen molar-refractivity contribution in [3.8, 4) is 0 Å². The fourth-order valence-electron chi connectivity index (χ4n) is 1.14. The molecule has 0 aromatic heterocycles. The van der Waals surface area contributed by atoms with Crippen molar-refractivity contribution in [2.24, 2.45) is 5.41 Å². The third-order valence-electron chi connectivity index (χ3n) is 2.53. The number of esters is 1. The molecule has 3 nitrogen and oxygen atoms in total. The lowest BCUT2D eigenvalue weighted by Crippen LogP contribution is -2.50. The maximum absolute atomic E-state index is 11.8. The Kier molecular flexibility index (Phi) is 4.59. The zero-order chi connectivity index (χ0) is 11.4. The van der Waals surface area contributed by atoms with E-state index in [0.717, 1.165) is 0 Å². The second-order valence-corrected chi connectivity index (χ2v) is 4.44. The Morgan fingerprint density at radius 2 is 1.57 bits per heavy atom. The van der Waals surface area contributed by atoms with Crippen LogP contribution < -0.4 is 0 Å². The normalized spacial score (nSPS) is 16.1. The highest BCUT2D eigenvalue weighted by Crippen LogP contribution is 2.34. The molecule has 3 heteroatoms. The van der Waals surface area contributed by atoms with Gasteiger partial charge in [0.2, 0.25) is 0 Å². The minimum atomic E-state index is -0.863. The molecule has 1 atom stereocenters. The molecule has 84 valence electrons. The first kappa shape index (κ1) is 13.4. The molecule has 14 heavy (non-hydrogen) atoms. The van der Waals surface area contributed by atoms with Crippen molar-refractivity contribution in [2.75, 3.05) is 13.2 Å². The summed E-state index contributed by atoms with van der Waals surface area (Å²) in [5.74, 6) is -0.283. The molecule has 0 rings (SSSR count). The molecule has 0 spiro atoms. The monoisotopic (exact) mass is 202 g/mol. The van der Waals surface area contributed by atoms with Crippen LogP contribution in [0.1, 0.15) is 41.5 Å². The van der Waals surface area contributed by atoms with E-state index in [9.17, 15) is 4.79 Å². The summed E-state index contributed by atoms with van der Waals surface area (Å²) >= 11 is 0. The summed E-state index contributed by atoms with van der Waals surface area (Å²) in [7, 11) is 0. The second-order valence-electron chi connectivity index (χ2n) is 4.44. The van der Waals surface area contributed by atoms with E-state index in [1.807, 2.05) is 27.7 Å². The van der Waals surface area contributed by atoms with Gasteiger partial charge in [0.05, 0.1) is 6.61 Å². The highest BCUT2D eigenvalue weighted by Gasteiger charge is 2.46. The van der Waals surface area contributed by atoms with Gasteiger partial charge in [-0.3, -0.25) is 0 Å². The number of carbonyl (C=O) groups excluding carboxylic acids is 1. The lowest BCUT2D eigenvalue weighted by molar-refractivity contribution is -0.184. The van der Waals surface area contributed by atoms with Crippen molar-refractivity contribution in [3.63, 3.8) is 0 Å². The summed E-state index contributed by atoms with van der Waals surface area (Å²) in [6, 6.07) is 0. The Hall–Kier alpha value is -0.570. The maximum atomic E-state index is 11.8. The van der Waals surface area contributed by atoms with E-state index in [-0.39, 0.29) is 11.4 Å². The summed E-state index contributed by atoms with van der Waals surface area (Å²) < 4.78 is 10.6. The number of ether oxygens (including phenoxy) is 2. The molecule has 0 aliphatic carbocycles. The van der Waals surface area contributed by atoms with Crippen molar-refractivity contribution in [1.82, 2.24) is 0 Å². The molecule has 0 bridgehead atoms. The Labute approximate surface area is 86.8 Å². The van der Waals surface area contributed by atoms with Crippen molar-refractivity contribution in [3.05, 3.63) is 0 Å². The molecule has 0 N–H and O–H groups in total. The third-order valence-corrected chi connectivity index (χ3v) is 2.53. The standard InChI is InChI=1S/C11H22O3/c1-7-13-9(12)11(6,14-8-2)10(3,4)5/h7-8H2,1-6H3. The molecular weight excluding hydrogens is 180 g/mol. The van der Waals surface area contributed by atoms with Gasteiger partial charge >= 0.3 is 5.97 Å². The zero-order valence-electron chi connectivity index (χ0n) is 10.1.